The van der Waals surface area contributed by atoms with E-state index in [-0.39, 0.29) is 5.91 Å². The summed E-state index contributed by atoms with van der Waals surface area (Å²) in [7, 11) is 0. The number of carbonyl (C=O) groups is 1. The summed E-state index contributed by atoms with van der Waals surface area (Å²) in [6, 6.07) is 12.3. The average Bonchev–Trinajstić information content (AvgIpc) is 3.35. The molecule has 2 N–H and O–H groups in total. The zero-order valence-corrected chi connectivity index (χ0v) is 14.9. The molecule has 1 aromatic carbocycles. The summed E-state index contributed by atoms with van der Waals surface area (Å²) >= 11 is 0. The summed E-state index contributed by atoms with van der Waals surface area (Å²) in [5, 5.41) is 4.19. The highest BCUT2D eigenvalue weighted by Crippen LogP contribution is 2.19. The van der Waals surface area contributed by atoms with Gasteiger partial charge in [-0.25, -0.2) is 4.98 Å². The van der Waals surface area contributed by atoms with Gasteiger partial charge in [-0.05, 0) is 42.5 Å². The Morgan fingerprint density at radius 3 is 2.81 bits per heavy atom. The summed E-state index contributed by atoms with van der Waals surface area (Å²) < 4.78 is 0. The van der Waals surface area contributed by atoms with E-state index in [4.69, 9.17) is 0 Å². The number of hydrogen-bond acceptors (Lipinski definition) is 3. The van der Waals surface area contributed by atoms with Gasteiger partial charge in [0.1, 0.15) is 5.82 Å². The van der Waals surface area contributed by atoms with Gasteiger partial charge in [0.05, 0.1) is 0 Å². The number of para-hydroxylation sites is 1. The van der Waals surface area contributed by atoms with Crippen LogP contribution in [-0.2, 0) is 17.8 Å². The molecule has 0 aliphatic carbocycles. The second kappa shape index (κ2) is 7.60. The van der Waals surface area contributed by atoms with Crippen LogP contribution in [-0.4, -0.2) is 29.0 Å². The van der Waals surface area contributed by atoms with Crippen LogP contribution in [0.2, 0.25) is 0 Å². The van der Waals surface area contributed by atoms with Gasteiger partial charge in [0, 0.05) is 49.4 Å². The van der Waals surface area contributed by atoms with Crippen molar-refractivity contribution in [1.29, 1.82) is 0 Å². The minimum absolute atomic E-state index is 0.0684. The van der Waals surface area contributed by atoms with Crippen molar-refractivity contribution in [2.45, 2.75) is 32.2 Å². The van der Waals surface area contributed by atoms with Crippen LogP contribution in [0, 0.1) is 0 Å². The minimum atomic E-state index is 0.0684. The molecular weight excluding hydrogens is 324 g/mol. The van der Waals surface area contributed by atoms with Crippen LogP contribution in [0.4, 0.5) is 5.82 Å². The van der Waals surface area contributed by atoms with Crippen molar-refractivity contribution in [2.24, 2.45) is 0 Å². The molecule has 1 saturated heterocycles. The van der Waals surface area contributed by atoms with Gasteiger partial charge >= 0.3 is 0 Å². The van der Waals surface area contributed by atoms with E-state index in [1.54, 1.807) is 0 Å². The molecular formula is C21H24N4O. The summed E-state index contributed by atoms with van der Waals surface area (Å²) in [5.74, 6) is 1.11. The Bertz CT molecular complexity index is 878. The molecule has 1 amide bonds. The van der Waals surface area contributed by atoms with E-state index in [2.05, 4.69) is 44.5 Å². The van der Waals surface area contributed by atoms with Gasteiger partial charge in [0.2, 0.25) is 5.91 Å². The maximum atomic E-state index is 12.2. The number of aromatic amines is 1. The fourth-order valence-corrected chi connectivity index (χ4v) is 3.53. The summed E-state index contributed by atoms with van der Waals surface area (Å²) in [4.78, 5) is 22.3. The largest absolute Gasteiger partial charge is 0.361 e. The molecule has 1 fully saturated rings. The van der Waals surface area contributed by atoms with E-state index < -0.39 is 0 Å². The summed E-state index contributed by atoms with van der Waals surface area (Å²) in [6.45, 7) is 2.72. The normalized spacial score (nSPS) is 14.1. The second-order valence-electron chi connectivity index (χ2n) is 6.86. The molecule has 0 bridgehead atoms. The predicted molar refractivity (Wildman–Crippen MR) is 104 cm³/mol. The van der Waals surface area contributed by atoms with Crippen LogP contribution in [0.25, 0.3) is 10.9 Å². The van der Waals surface area contributed by atoms with Crippen molar-refractivity contribution in [1.82, 2.24) is 15.3 Å². The lowest BCUT2D eigenvalue weighted by atomic mass is 10.1. The van der Waals surface area contributed by atoms with E-state index in [1.807, 2.05) is 24.5 Å². The summed E-state index contributed by atoms with van der Waals surface area (Å²) in [6.07, 6.45) is 7.58. The molecule has 0 spiro atoms. The molecule has 134 valence electrons. The second-order valence-corrected chi connectivity index (χ2v) is 6.86. The third kappa shape index (κ3) is 3.72. The van der Waals surface area contributed by atoms with Gasteiger partial charge in [0.25, 0.3) is 0 Å². The van der Waals surface area contributed by atoms with Gasteiger partial charge in [-0.3, -0.25) is 4.79 Å². The monoisotopic (exact) mass is 348 g/mol. The average molecular weight is 348 g/mol. The van der Waals surface area contributed by atoms with Crippen LogP contribution in [0.5, 0.6) is 0 Å². The number of nitrogens with zero attached hydrogens (tertiary/aromatic N) is 2. The third-order valence-electron chi connectivity index (χ3n) is 5.03. The predicted octanol–water partition coefficient (Wildman–Crippen LogP) is 3.41. The molecule has 26 heavy (non-hydrogen) atoms. The van der Waals surface area contributed by atoms with Gasteiger partial charge in [0.15, 0.2) is 0 Å². The van der Waals surface area contributed by atoms with Gasteiger partial charge in [-0.1, -0.05) is 24.3 Å². The van der Waals surface area contributed by atoms with E-state index in [1.165, 1.54) is 23.8 Å². The molecule has 0 radical (unpaired) electrons. The number of H-pyrrole nitrogens is 1. The number of carbonyl (C=O) groups excluding carboxylic acids is 1. The fraction of sp³-hybridized carbons (Fsp3) is 0.333. The van der Waals surface area contributed by atoms with Crippen LogP contribution < -0.4 is 10.2 Å². The Hall–Kier alpha value is -2.82. The van der Waals surface area contributed by atoms with Crippen molar-refractivity contribution in [2.75, 3.05) is 18.0 Å². The smallest absolute Gasteiger partial charge is 0.220 e. The lowest BCUT2D eigenvalue weighted by Gasteiger charge is -2.16. The molecule has 5 nitrogen and oxygen atoms in total. The quantitative estimate of drug-likeness (QED) is 0.718. The van der Waals surface area contributed by atoms with E-state index >= 15 is 0 Å². The standard InChI is InChI=1S/C21H24N4O/c26-21(10-8-17-15-22-19-6-2-1-5-18(17)19)24-14-16-7-9-20(23-13-16)25-11-3-4-12-25/h1-2,5-7,9,13,15,22H,3-4,8,10-12,14H2,(H,24,26). The number of fused-ring (bicyclic) bond motifs is 1. The molecule has 1 aliphatic heterocycles. The lowest BCUT2D eigenvalue weighted by molar-refractivity contribution is -0.121. The molecule has 3 heterocycles. The zero-order valence-electron chi connectivity index (χ0n) is 14.9. The molecule has 0 atom stereocenters. The number of hydrogen-bond donors (Lipinski definition) is 2. The first-order valence-electron chi connectivity index (χ1n) is 9.31. The molecule has 5 heteroatoms. The highest BCUT2D eigenvalue weighted by atomic mass is 16.1. The van der Waals surface area contributed by atoms with E-state index in [9.17, 15) is 4.79 Å². The Morgan fingerprint density at radius 2 is 2.00 bits per heavy atom. The molecule has 3 aromatic rings. The number of nitrogens with one attached hydrogen (secondary N) is 2. The van der Waals surface area contributed by atoms with Crippen LogP contribution >= 0.6 is 0 Å². The van der Waals surface area contributed by atoms with Crippen molar-refractivity contribution < 1.29 is 4.79 Å². The lowest BCUT2D eigenvalue weighted by Crippen LogP contribution is -2.23. The van der Waals surface area contributed by atoms with Gasteiger partial charge in [-0.2, -0.15) is 0 Å². The Morgan fingerprint density at radius 1 is 1.15 bits per heavy atom. The Kier molecular flexibility index (Phi) is 4.86. The van der Waals surface area contributed by atoms with Crippen molar-refractivity contribution >= 4 is 22.6 Å². The van der Waals surface area contributed by atoms with Gasteiger partial charge in [-0.15, -0.1) is 0 Å². The minimum Gasteiger partial charge on any atom is -0.361 e. The fourth-order valence-electron chi connectivity index (χ4n) is 3.53. The number of aryl methyl sites for hydroxylation is 1. The highest BCUT2D eigenvalue weighted by molar-refractivity contribution is 5.84. The number of benzene rings is 1. The maximum Gasteiger partial charge on any atom is 0.220 e. The molecule has 1 aliphatic rings. The SMILES string of the molecule is O=C(CCc1c[nH]c2ccccc12)NCc1ccc(N2CCCC2)nc1. The van der Waals surface area contributed by atoms with E-state index in [0.717, 1.165) is 36.4 Å². The first kappa shape index (κ1) is 16.6. The van der Waals surface area contributed by atoms with Crippen molar-refractivity contribution in [3.63, 3.8) is 0 Å². The van der Waals surface area contributed by atoms with Gasteiger partial charge < -0.3 is 15.2 Å². The topological polar surface area (TPSA) is 61.0 Å². The van der Waals surface area contributed by atoms with Crippen LogP contribution in [0.1, 0.15) is 30.4 Å². The zero-order chi connectivity index (χ0) is 17.8. The number of amides is 1. The summed E-state index contributed by atoms with van der Waals surface area (Å²) in [5.41, 5.74) is 3.34. The first-order valence-corrected chi connectivity index (χ1v) is 9.31. The molecule has 4 rings (SSSR count). The van der Waals surface area contributed by atoms with Crippen molar-refractivity contribution in [3.05, 3.63) is 59.9 Å². The number of anilines is 1. The Labute approximate surface area is 153 Å². The van der Waals surface area contributed by atoms with Crippen molar-refractivity contribution in [3.8, 4) is 0 Å². The van der Waals surface area contributed by atoms with E-state index in [0.29, 0.717) is 13.0 Å². The van der Waals surface area contributed by atoms with Crippen LogP contribution in [0.15, 0.2) is 48.8 Å². The number of pyridine rings is 1. The molecule has 0 saturated carbocycles. The molecule has 0 unspecified atom stereocenters. The number of rotatable bonds is 6. The third-order valence-corrected chi connectivity index (χ3v) is 5.03. The highest BCUT2D eigenvalue weighted by Gasteiger charge is 2.13. The maximum absolute atomic E-state index is 12.2. The number of aromatic nitrogens is 2. The molecule has 2 aromatic heterocycles. The Balaban J connectivity index is 1.27. The van der Waals surface area contributed by atoms with Crippen LogP contribution in [0.3, 0.4) is 0 Å². The first-order chi connectivity index (χ1) is 12.8.